The van der Waals surface area contributed by atoms with E-state index in [1.165, 1.54) is 0 Å². The number of halogens is 2. The second-order valence-electron chi connectivity index (χ2n) is 1.88. The van der Waals surface area contributed by atoms with Gasteiger partial charge in [-0.2, -0.15) is 0 Å². The first-order valence-electron chi connectivity index (χ1n) is 2.79. The van der Waals surface area contributed by atoms with E-state index in [1.807, 2.05) is 0 Å². The van der Waals surface area contributed by atoms with Crippen molar-refractivity contribution in [2.75, 3.05) is 13.2 Å². The standard InChI is InChI=1S/C5H11F2NO/c1-4(3-9)8-2-5(6)7/h4-5,8-9H,2-3H2,1H3/t4-/m0/s1. The molecule has 1 atom stereocenters. The third-order valence-electron chi connectivity index (χ3n) is 0.894. The molecule has 0 aliphatic heterocycles. The Morgan fingerprint density at radius 2 is 2.11 bits per heavy atom. The fourth-order valence-electron chi connectivity index (χ4n) is 0.355. The molecule has 0 aromatic carbocycles. The molecule has 0 saturated carbocycles. The minimum Gasteiger partial charge on any atom is -0.395 e. The van der Waals surface area contributed by atoms with Crippen LogP contribution in [-0.4, -0.2) is 30.7 Å². The van der Waals surface area contributed by atoms with E-state index in [1.54, 1.807) is 6.92 Å². The van der Waals surface area contributed by atoms with Gasteiger partial charge in [0.1, 0.15) is 0 Å². The first-order chi connectivity index (χ1) is 4.16. The minimum atomic E-state index is -2.33. The van der Waals surface area contributed by atoms with E-state index in [9.17, 15) is 8.78 Å². The van der Waals surface area contributed by atoms with Crippen LogP contribution in [0.25, 0.3) is 0 Å². The smallest absolute Gasteiger partial charge is 0.250 e. The van der Waals surface area contributed by atoms with E-state index in [0.717, 1.165) is 0 Å². The molecule has 9 heavy (non-hydrogen) atoms. The molecule has 0 amide bonds. The van der Waals surface area contributed by atoms with Gasteiger partial charge in [0, 0.05) is 6.04 Å². The summed E-state index contributed by atoms with van der Waals surface area (Å²) < 4.78 is 22.8. The van der Waals surface area contributed by atoms with Crippen LogP contribution in [0.15, 0.2) is 0 Å². The highest BCUT2D eigenvalue weighted by molar-refractivity contribution is 4.57. The molecule has 4 heteroatoms. The lowest BCUT2D eigenvalue weighted by Crippen LogP contribution is -2.33. The van der Waals surface area contributed by atoms with E-state index < -0.39 is 6.43 Å². The number of aliphatic hydroxyl groups excluding tert-OH is 1. The average molecular weight is 139 g/mol. The second-order valence-corrected chi connectivity index (χ2v) is 1.88. The molecule has 0 radical (unpaired) electrons. The molecule has 0 aromatic rings. The lowest BCUT2D eigenvalue weighted by molar-refractivity contribution is 0.135. The van der Waals surface area contributed by atoms with Crippen LogP contribution in [-0.2, 0) is 0 Å². The molecule has 0 aliphatic rings. The molecule has 0 aromatic heterocycles. The normalized spacial score (nSPS) is 14.3. The van der Waals surface area contributed by atoms with Crippen LogP contribution in [0.2, 0.25) is 0 Å². The third-order valence-corrected chi connectivity index (χ3v) is 0.894. The third kappa shape index (κ3) is 5.65. The summed E-state index contributed by atoms with van der Waals surface area (Å²) in [6.45, 7) is 1.19. The molecule has 0 heterocycles. The van der Waals surface area contributed by atoms with Crippen molar-refractivity contribution in [2.24, 2.45) is 0 Å². The van der Waals surface area contributed by atoms with Crippen molar-refractivity contribution in [3.63, 3.8) is 0 Å². The highest BCUT2D eigenvalue weighted by Crippen LogP contribution is 1.88. The number of hydrogen-bond acceptors (Lipinski definition) is 2. The quantitative estimate of drug-likeness (QED) is 0.584. The summed E-state index contributed by atoms with van der Waals surface area (Å²) in [5.74, 6) is 0. The van der Waals surface area contributed by atoms with Gasteiger partial charge in [-0.15, -0.1) is 0 Å². The van der Waals surface area contributed by atoms with Crippen LogP contribution in [0.3, 0.4) is 0 Å². The van der Waals surface area contributed by atoms with Crippen LogP contribution in [0.5, 0.6) is 0 Å². The summed E-state index contributed by atoms with van der Waals surface area (Å²) in [4.78, 5) is 0. The Hall–Kier alpha value is -0.220. The average Bonchev–Trinajstić information content (AvgIpc) is 1.83. The number of hydrogen-bond donors (Lipinski definition) is 2. The largest absolute Gasteiger partial charge is 0.395 e. The van der Waals surface area contributed by atoms with Crippen LogP contribution in [0.4, 0.5) is 8.78 Å². The number of alkyl halides is 2. The maximum atomic E-state index is 11.4. The van der Waals surface area contributed by atoms with Crippen molar-refractivity contribution < 1.29 is 13.9 Å². The zero-order chi connectivity index (χ0) is 7.28. The molecule has 56 valence electrons. The Balaban J connectivity index is 3.06. The molecule has 2 N–H and O–H groups in total. The molecular formula is C5H11F2NO. The fraction of sp³-hybridized carbons (Fsp3) is 1.00. The first-order valence-corrected chi connectivity index (χ1v) is 2.79. The van der Waals surface area contributed by atoms with Gasteiger partial charge in [-0.1, -0.05) is 0 Å². The van der Waals surface area contributed by atoms with Gasteiger partial charge in [0.05, 0.1) is 13.2 Å². The first kappa shape index (κ1) is 8.78. The van der Waals surface area contributed by atoms with Crippen molar-refractivity contribution in [3.8, 4) is 0 Å². The Bertz CT molecular complexity index is 70.0. The second kappa shape index (κ2) is 4.64. The molecule has 0 spiro atoms. The monoisotopic (exact) mass is 139 g/mol. The van der Waals surface area contributed by atoms with Gasteiger partial charge in [-0.25, -0.2) is 8.78 Å². The molecule has 2 nitrogen and oxygen atoms in total. The van der Waals surface area contributed by atoms with Gasteiger partial charge >= 0.3 is 0 Å². The van der Waals surface area contributed by atoms with E-state index in [4.69, 9.17) is 5.11 Å². The fourth-order valence-corrected chi connectivity index (χ4v) is 0.355. The van der Waals surface area contributed by atoms with E-state index in [0.29, 0.717) is 0 Å². The highest BCUT2D eigenvalue weighted by Gasteiger charge is 2.03. The maximum Gasteiger partial charge on any atom is 0.250 e. The number of aliphatic hydroxyl groups is 1. The Morgan fingerprint density at radius 1 is 1.56 bits per heavy atom. The van der Waals surface area contributed by atoms with Gasteiger partial charge in [-0.3, -0.25) is 0 Å². The van der Waals surface area contributed by atoms with Gasteiger partial charge < -0.3 is 10.4 Å². The van der Waals surface area contributed by atoms with E-state index in [2.05, 4.69) is 5.32 Å². The summed E-state index contributed by atoms with van der Waals surface area (Å²) in [7, 11) is 0. The topological polar surface area (TPSA) is 32.3 Å². The van der Waals surface area contributed by atoms with Crippen molar-refractivity contribution in [3.05, 3.63) is 0 Å². The lowest BCUT2D eigenvalue weighted by atomic mass is 10.4. The minimum absolute atomic E-state index is 0.104. The highest BCUT2D eigenvalue weighted by atomic mass is 19.3. The molecule has 0 unspecified atom stereocenters. The summed E-state index contributed by atoms with van der Waals surface area (Å²) in [5, 5.41) is 10.8. The van der Waals surface area contributed by atoms with E-state index in [-0.39, 0.29) is 19.2 Å². The Labute approximate surface area is 52.9 Å². The van der Waals surface area contributed by atoms with Crippen LogP contribution < -0.4 is 5.32 Å². The molecule has 0 fully saturated rings. The molecule has 0 saturated heterocycles. The van der Waals surface area contributed by atoms with E-state index >= 15 is 0 Å². The van der Waals surface area contributed by atoms with Gasteiger partial charge in [0.25, 0.3) is 6.43 Å². The zero-order valence-corrected chi connectivity index (χ0v) is 5.27. The summed E-state index contributed by atoms with van der Waals surface area (Å²) in [6.07, 6.45) is -2.33. The summed E-state index contributed by atoms with van der Waals surface area (Å²) >= 11 is 0. The summed E-state index contributed by atoms with van der Waals surface area (Å²) in [5.41, 5.74) is 0. The zero-order valence-electron chi connectivity index (χ0n) is 5.27. The van der Waals surface area contributed by atoms with Gasteiger partial charge in [0.2, 0.25) is 0 Å². The molecular weight excluding hydrogens is 128 g/mol. The van der Waals surface area contributed by atoms with Crippen LogP contribution in [0.1, 0.15) is 6.92 Å². The number of rotatable bonds is 4. The molecule has 0 rings (SSSR count). The SMILES string of the molecule is C[C@@H](CO)NCC(F)F. The number of nitrogens with one attached hydrogen (secondary N) is 1. The Morgan fingerprint density at radius 3 is 2.44 bits per heavy atom. The predicted octanol–water partition coefficient (Wildman–Crippen LogP) is 0.222. The van der Waals surface area contributed by atoms with Crippen molar-refractivity contribution in [2.45, 2.75) is 19.4 Å². The van der Waals surface area contributed by atoms with Crippen molar-refractivity contribution in [1.82, 2.24) is 5.32 Å². The van der Waals surface area contributed by atoms with Crippen LogP contribution >= 0.6 is 0 Å². The van der Waals surface area contributed by atoms with Crippen LogP contribution in [0, 0.1) is 0 Å². The lowest BCUT2D eigenvalue weighted by Gasteiger charge is -2.08. The van der Waals surface area contributed by atoms with Gasteiger partial charge in [0.15, 0.2) is 0 Å². The predicted molar refractivity (Wildman–Crippen MR) is 30.6 cm³/mol. The molecule has 0 aliphatic carbocycles. The van der Waals surface area contributed by atoms with Crippen molar-refractivity contribution in [1.29, 1.82) is 0 Å². The Kier molecular flexibility index (Phi) is 4.53. The van der Waals surface area contributed by atoms with Gasteiger partial charge in [-0.05, 0) is 6.92 Å². The van der Waals surface area contributed by atoms with Crippen molar-refractivity contribution >= 4 is 0 Å². The summed E-state index contributed by atoms with van der Waals surface area (Å²) in [6, 6.07) is -0.237. The molecule has 0 bridgehead atoms. The maximum absolute atomic E-state index is 11.4.